The van der Waals surface area contributed by atoms with Crippen molar-refractivity contribution in [3.05, 3.63) is 59.7 Å². The smallest absolute Gasteiger partial charge is 0.251 e. The summed E-state index contributed by atoms with van der Waals surface area (Å²) in [5.41, 5.74) is 0.844. The average molecular weight is 454 g/mol. The molecule has 2 aromatic rings. The van der Waals surface area contributed by atoms with Crippen LogP contribution in [0.2, 0.25) is 0 Å². The van der Waals surface area contributed by atoms with Crippen molar-refractivity contribution in [2.75, 3.05) is 44.8 Å². The monoisotopic (exact) mass is 453 g/mol. The maximum atomic E-state index is 13.5. The molecule has 1 amide bonds. The Balaban J connectivity index is 1.56. The Morgan fingerprint density at radius 2 is 2.00 bits per heavy atom. The van der Waals surface area contributed by atoms with E-state index in [1.807, 2.05) is 4.90 Å². The topological polar surface area (TPSA) is 87.7 Å². The van der Waals surface area contributed by atoms with E-state index in [9.17, 15) is 22.0 Å². The van der Waals surface area contributed by atoms with Crippen molar-refractivity contribution >= 4 is 21.6 Å². The van der Waals surface area contributed by atoms with Gasteiger partial charge >= 0.3 is 0 Å². The molecule has 7 nitrogen and oxygen atoms in total. The molecule has 10 heteroatoms. The number of halogens is 2. The van der Waals surface area contributed by atoms with Crippen molar-refractivity contribution in [2.24, 2.45) is 5.92 Å². The van der Waals surface area contributed by atoms with Crippen molar-refractivity contribution < 1.29 is 26.7 Å². The van der Waals surface area contributed by atoms with Gasteiger partial charge in [-0.15, -0.1) is 0 Å². The summed E-state index contributed by atoms with van der Waals surface area (Å²) in [5, 5.41) is 2.83. The maximum Gasteiger partial charge on any atom is 0.251 e. The molecular formula is C21H25F2N3O4S. The summed E-state index contributed by atoms with van der Waals surface area (Å²) < 4.78 is 58.4. The summed E-state index contributed by atoms with van der Waals surface area (Å²) in [6, 6.07) is 9.61. The number of carbonyl (C=O) groups is 1. The van der Waals surface area contributed by atoms with Gasteiger partial charge in [-0.2, -0.15) is 0 Å². The fourth-order valence-corrected chi connectivity index (χ4v) is 4.48. The number of methoxy groups -OCH3 is 1. The third-order valence-corrected chi connectivity index (χ3v) is 6.57. The van der Waals surface area contributed by atoms with Gasteiger partial charge in [0.1, 0.15) is 0 Å². The van der Waals surface area contributed by atoms with E-state index in [2.05, 4.69) is 10.0 Å². The molecule has 1 atom stereocenters. The molecule has 1 aliphatic rings. The summed E-state index contributed by atoms with van der Waals surface area (Å²) >= 11 is 0. The fraction of sp³-hybridized carbons (Fsp3) is 0.381. The van der Waals surface area contributed by atoms with Crippen LogP contribution < -0.4 is 14.9 Å². The third-order valence-electron chi connectivity index (χ3n) is 5.11. The first-order chi connectivity index (χ1) is 14.8. The number of hydrogen-bond donors (Lipinski definition) is 2. The number of rotatable bonds is 9. The Morgan fingerprint density at radius 1 is 1.19 bits per heavy atom. The summed E-state index contributed by atoms with van der Waals surface area (Å²) in [6.07, 6.45) is 0.789. The molecule has 31 heavy (non-hydrogen) atoms. The Morgan fingerprint density at radius 3 is 2.74 bits per heavy atom. The van der Waals surface area contributed by atoms with E-state index in [1.165, 1.54) is 37.4 Å². The highest BCUT2D eigenvalue weighted by molar-refractivity contribution is 7.89. The van der Waals surface area contributed by atoms with E-state index in [0.29, 0.717) is 25.3 Å². The molecule has 1 unspecified atom stereocenters. The van der Waals surface area contributed by atoms with Crippen LogP contribution in [0.1, 0.15) is 16.8 Å². The van der Waals surface area contributed by atoms with Crippen molar-refractivity contribution in [3.63, 3.8) is 0 Å². The zero-order chi connectivity index (χ0) is 22.4. The number of benzene rings is 2. The highest BCUT2D eigenvalue weighted by atomic mass is 32.2. The largest absolute Gasteiger partial charge is 0.383 e. The van der Waals surface area contributed by atoms with Crippen LogP contribution in [-0.2, 0) is 14.8 Å². The van der Waals surface area contributed by atoms with Crippen LogP contribution >= 0.6 is 0 Å². The molecule has 0 saturated carbocycles. The summed E-state index contributed by atoms with van der Waals surface area (Å²) in [5.74, 6) is -2.01. The predicted molar refractivity (Wildman–Crippen MR) is 113 cm³/mol. The minimum absolute atomic E-state index is 0.00151. The normalized spacial score (nSPS) is 16.5. The number of hydrogen-bond acceptors (Lipinski definition) is 5. The Bertz CT molecular complexity index is 1030. The quantitative estimate of drug-likeness (QED) is 0.568. The van der Waals surface area contributed by atoms with E-state index in [-0.39, 0.29) is 35.4 Å². The number of sulfonamides is 1. The van der Waals surface area contributed by atoms with Crippen LogP contribution in [0.15, 0.2) is 47.4 Å². The SMILES string of the molecule is COCCNS(=O)(=O)c1cccc(C(=O)NCC2CCN(c3ccc(F)c(F)c3)C2)c1. The number of ether oxygens (including phenoxy) is 1. The van der Waals surface area contributed by atoms with E-state index >= 15 is 0 Å². The lowest BCUT2D eigenvalue weighted by molar-refractivity contribution is 0.0948. The zero-order valence-electron chi connectivity index (χ0n) is 17.1. The molecule has 0 spiro atoms. The Kier molecular flexibility index (Phi) is 7.58. The molecule has 3 rings (SSSR count). The lowest BCUT2D eigenvalue weighted by atomic mass is 10.1. The van der Waals surface area contributed by atoms with Crippen LogP contribution in [0.25, 0.3) is 0 Å². The van der Waals surface area contributed by atoms with Gasteiger partial charge in [-0.1, -0.05) is 6.07 Å². The van der Waals surface area contributed by atoms with Crippen LogP contribution in [0.5, 0.6) is 0 Å². The van der Waals surface area contributed by atoms with E-state index in [0.717, 1.165) is 12.5 Å². The second kappa shape index (κ2) is 10.2. The lowest BCUT2D eigenvalue weighted by Crippen LogP contribution is -2.31. The van der Waals surface area contributed by atoms with Gasteiger partial charge in [-0.3, -0.25) is 4.79 Å². The van der Waals surface area contributed by atoms with Crippen LogP contribution in [-0.4, -0.2) is 54.2 Å². The first-order valence-corrected chi connectivity index (χ1v) is 11.4. The van der Waals surface area contributed by atoms with Gasteiger partial charge in [0.05, 0.1) is 11.5 Å². The molecule has 2 N–H and O–H groups in total. The van der Waals surface area contributed by atoms with E-state index in [1.54, 1.807) is 6.07 Å². The Hall–Kier alpha value is -2.56. The second-order valence-electron chi connectivity index (χ2n) is 7.33. The highest BCUT2D eigenvalue weighted by Gasteiger charge is 2.24. The van der Waals surface area contributed by atoms with Crippen LogP contribution in [0.3, 0.4) is 0 Å². The molecule has 2 aromatic carbocycles. The minimum Gasteiger partial charge on any atom is -0.383 e. The predicted octanol–water partition coefficient (Wildman–Crippen LogP) is 2.15. The number of nitrogens with zero attached hydrogens (tertiary/aromatic N) is 1. The first-order valence-electron chi connectivity index (χ1n) is 9.87. The minimum atomic E-state index is -3.74. The van der Waals surface area contributed by atoms with Crippen molar-refractivity contribution in [3.8, 4) is 0 Å². The number of carbonyl (C=O) groups excluding carboxylic acids is 1. The van der Waals surface area contributed by atoms with Gasteiger partial charge in [-0.05, 0) is 42.7 Å². The van der Waals surface area contributed by atoms with Crippen molar-refractivity contribution in [1.82, 2.24) is 10.0 Å². The van der Waals surface area contributed by atoms with Gasteiger partial charge < -0.3 is 15.0 Å². The van der Waals surface area contributed by atoms with Gasteiger partial charge in [0, 0.05) is 50.6 Å². The average Bonchev–Trinajstić information content (AvgIpc) is 3.23. The summed E-state index contributed by atoms with van der Waals surface area (Å²) in [4.78, 5) is 14.5. The van der Waals surface area contributed by atoms with Gasteiger partial charge in [0.2, 0.25) is 10.0 Å². The summed E-state index contributed by atoms with van der Waals surface area (Å²) in [7, 11) is -2.26. The van der Waals surface area contributed by atoms with Crippen LogP contribution in [0, 0.1) is 17.6 Å². The zero-order valence-corrected chi connectivity index (χ0v) is 17.9. The molecule has 168 valence electrons. The third kappa shape index (κ3) is 5.99. The fourth-order valence-electron chi connectivity index (χ4n) is 3.42. The molecule has 1 aliphatic heterocycles. The molecule has 0 aliphatic carbocycles. The Labute approximate surface area is 180 Å². The first kappa shape index (κ1) is 23.1. The van der Waals surface area contributed by atoms with Crippen molar-refractivity contribution in [2.45, 2.75) is 11.3 Å². The lowest BCUT2D eigenvalue weighted by Gasteiger charge is -2.19. The van der Waals surface area contributed by atoms with Gasteiger partial charge in [0.25, 0.3) is 5.91 Å². The van der Waals surface area contributed by atoms with Crippen molar-refractivity contribution in [1.29, 1.82) is 0 Å². The van der Waals surface area contributed by atoms with Crippen LogP contribution in [0.4, 0.5) is 14.5 Å². The standard InChI is InChI=1S/C21H25F2N3O4S/c1-30-10-8-25-31(28,29)18-4-2-3-16(11-18)21(27)24-13-15-7-9-26(14-15)17-5-6-19(22)20(23)12-17/h2-6,11-12,15,25H,7-10,13-14H2,1H3,(H,24,27). The molecule has 1 fully saturated rings. The van der Waals surface area contributed by atoms with E-state index < -0.39 is 21.7 Å². The summed E-state index contributed by atoms with van der Waals surface area (Å²) in [6.45, 7) is 2.03. The van der Waals surface area contributed by atoms with E-state index in [4.69, 9.17) is 4.74 Å². The molecule has 1 saturated heterocycles. The molecule has 0 radical (unpaired) electrons. The van der Waals surface area contributed by atoms with Gasteiger partial charge in [0.15, 0.2) is 11.6 Å². The molecule has 1 heterocycles. The second-order valence-corrected chi connectivity index (χ2v) is 9.09. The molecular weight excluding hydrogens is 428 g/mol. The van der Waals surface area contributed by atoms with Gasteiger partial charge in [-0.25, -0.2) is 21.9 Å². The highest BCUT2D eigenvalue weighted by Crippen LogP contribution is 2.25. The molecule has 0 aromatic heterocycles. The number of nitrogens with one attached hydrogen (secondary N) is 2. The number of amides is 1. The maximum absolute atomic E-state index is 13.5. The molecule has 0 bridgehead atoms. The number of anilines is 1.